The van der Waals surface area contributed by atoms with Crippen molar-refractivity contribution in [2.24, 2.45) is 0 Å². The number of benzene rings is 2. The molecule has 1 aliphatic rings. The molecule has 0 unspecified atom stereocenters. The van der Waals surface area contributed by atoms with E-state index >= 15 is 0 Å². The van der Waals surface area contributed by atoms with E-state index in [0.29, 0.717) is 0 Å². The first-order chi connectivity index (χ1) is 13.2. The van der Waals surface area contributed by atoms with Gasteiger partial charge in [-0.3, -0.25) is 4.90 Å². The molecule has 1 fully saturated rings. The molecule has 138 valence electrons. The highest BCUT2D eigenvalue weighted by Gasteiger charge is 2.21. The van der Waals surface area contributed by atoms with E-state index in [9.17, 15) is 0 Å². The first-order valence-electron chi connectivity index (χ1n) is 9.10. The van der Waals surface area contributed by atoms with Crippen LogP contribution in [0.15, 0.2) is 75.6 Å². The van der Waals surface area contributed by atoms with Crippen molar-refractivity contribution in [1.82, 2.24) is 9.80 Å². The lowest BCUT2D eigenvalue weighted by Gasteiger charge is -2.35. The van der Waals surface area contributed by atoms with Crippen LogP contribution in [0.3, 0.4) is 0 Å². The van der Waals surface area contributed by atoms with Crippen LogP contribution in [0, 0.1) is 0 Å². The van der Waals surface area contributed by atoms with Gasteiger partial charge in [-0.25, -0.2) is 0 Å². The van der Waals surface area contributed by atoms with E-state index in [1.165, 1.54) is 5.56 Å². The third kappa shape index (κ3) is 4.49. The summed E-state index contributed by atoms with van der Waals surface area (Å²) in [6.45, 7) is 4.88. The van der Waals surface area contributed by atoms with Gasteiger partial charge in [0.05, 0.1) is 0 Å². The van der Waals surface area contributed by atoms with Gasteiger partial charge >= 0.3 is 0 Å². The quantitative estimate of drug-likeness (QED) is 0.518. The number of hydrogen-bond acceptors (Lipinski definition) is 3. The van der Waals surface area contributed by atoms with E-state index in [0.717, 1.165) is 59.3 Å². The van der Waals surface area contributed by atoms with Crippen molar-refractivity contribution >= 4 is 33.1 Å². The second-order valence-corrected chi connectivity index (χ2v) is 8.03. The predicted molar refractivity (Wildman–Crippen MR) is 117 cm³/mol. The molecular formula is C22H21BrN2OS. The van der Waals surface area contributed by atoms with Crippen LogP contribution >= 0.6 is 28.1 Å². The molecule has 27 heavy (non-hydrogen) atoms. The lowest BCUT2D eigenvalue weighted by Crippen LogP contribution is -2.47. The Bertz CT molecular complexity index is 900. The Kier molecular flexibility index (Phi) is 5.72. The van der Waals surface area contributed by atoms with Crippen molar-refractivity contribution in [2.45, 2.75) is 6.54 Å². The van der Waals surface area contributed by atoms with E-state index in [2.05, 4.69) is 56.1 Å². The summed E-state index contributed by atoms with van der Waals surface area (Å²) >= 11 is 9.16. The molecule has 2 aromatic carbocycles. The first kappa shape index (κ1) is 18.4. The Hall–Kier alpha value is -1.95. The highest BCUT2D eigenvalue weighted by atomic mass is 79.9. The molecule has 4 rings (SSSR count). The molecule has 0 atom stereocenters. The van der Waals surface area contributed by atoms with Crippen LogP contribution in [-0.4, -0.2) is 41.0 Å². The molecule has 0 aliphatic carbocycles. The Balaban J connectivity index is 1.36. The predicted octanol–water partition coefficient (Wildman–Crippen LogP) is 5.20. The summed E-state index contributed by atoms with van der Waals surface area (Å²) in [6.07, 6.45) is 0. The number of thiocarbonyl (C=S) groups is 1. The summed E-state index contributed by atoms with van der Waals surface area (Å²) in [5.74, 6) is 1.63. The Labute approximate surface area is 173 Å². The fourth-order valence-corrected chi connectivity index (χ4v) is 3.89. The Morgan fingerprint density at radius 2 is 1.59 bits per heavy atom. The first-order valence-corrected chi connectivity index (χ1v) is 10.3. The average Bonchev–Trinajstić information content (AvgIpc) is 3.20. The van der Waals surface area contributed by atoms with E-state index in [-0.39, 0.29) is 0 Å². The summed E-state index contributed by atoms with van der Waals surface area (Å²) in [5.41, 5.74) is 2.42. The van der Waals surface area contributed by atoms with Gasteiger partial charge in [-0.05, 0) is 29.8 Å². The van der Waals surface area contributed by atoms with Crippen LogP contribution in [0.2, 0.25) is 0 Å². The molecule has 1 aliphatic heterocycles. The maximum atomic E-state index is 6.04. The molecule has 1 saturated heterocycles. The molecule has 0 spiro atoms. The molecule has 2 heterocycles. The molecule has 3 aromatic rings. The van der Waals surface area contributed by atoms with Gasteiger partial charge in [0.1, 0.15) is 10.7 Å². The van der Waals surface area contributed by atoms with E-state index in [1.807, 2.05) is 36.4 Å². The molecule has 1 aromatic heterocycles. The number of nitrogens with zero attached hydrogens (tertiary/aromatic N) is 2. The minimum atomic E-state index is 0.777. The van der Waals surface area contributed by atoms with Crippen molar-refractivity contribution < 1.29 is 4.42 Å². The lowest BCUT2D eigenvalue weighted by atomic mass is 10.2. The van der Waals surface area contributed by atoms with Crippen LogP contribution in [0.4, 0.5) is 0 Å². The second kappa shape index (κ2) is 8.38. The summed E-state index contributed by atoms with van der Waals surface area (Å²) in [4.78, 5) is 5.53. The van der Waals surface area contributed by atoms with Gasteiger partial charge in [0.15, 0.2) is 5.76 Å². The second-order valence-electron chi connectivity index (χ2n) is 6.72. The SMILES string of the molecule is S=C(c1ccc(-c2ccc(Br)cc2)o1)N1CCN(Cc2ccccc2)CC1. The number of hydrogen-bond donors (Lipinski definition) is 0. The van der Waals surface area contributed by atoms with Gasteiger partial charge in [-0.15, -0.1) is 0 Å². The van der Waals surface area contributed by atoms with Crippen molar-refractivity contribution in [3.63, 3.8) is 0 Å². The molecule has 0 bridgehead atoms. The number of halogens is 1. The summed E-state index contributed by atoms with van der Waals surface area (Å²) in [5, 5.41) is 0. The maximum Gasteiger partial charge on any atom is 0.162 e. The minimum Gasteiger partial charge on any atom is -0.454 e. The van der Waals surface area contributed by atoms with Gasteiger partial charge in [0, 0.05) is 42.8 Å². The largest absolute Gasteiger partial charge is 0.454 e. The Morgan fingerprint density at radius 1 is 0.889 bits per heavy atom. The summed E-state index contributed by atoms with van der Waals surface area (Å²) < 4.78 is 7.09. The highest BCUT2D eigenvalue weighted by molar-refractivity contribution is 9.10. The van der Waals surface area contributed by atoms with Crippen LogP contribution in [-0.2, 0) is 6.54 Å². The number of furan rings is 1. The number of piperazine rings is 1. The molecule has 0 amide bonds. The van der Waals surface area contributed by atoms with Gasteiger partial charge in [0.25, 0.3) is 0 Å². The minimum absolute atomic E-state index is 0.777. The van der Waals surface area contributed by atoms with Gasteiger partial charge in [0.2, 0.25) is 0 Å². The van der Waals surface area contributed by atoms with E-state index in [4.69, 9.17) is 16.6 Å². The van der Waals surface area contributed by atoms with Gasteiger partial charge in [-0.1, -0.05) is 70.6 Å². The molecule has 3 nitrogen and oxygen atoms in total. The molecule has 0 saturated carbocycles. The van der Waals surface area contributed by atoms with Gasteiger partial charge < -0.3 is 9.32 Å². The zero-order valence-electron chi connectivity index (χ0n) is 15.0. The lowest BCUT2D eigenvalue weighted by molar-refractivity contribution is 0.176. The standard InChI is InChI=1S/C22H21BrN2OS/c23-19-8-6-18(7-9-19)20-10-11-21(26-20)22(27)25-14-12-24(13-15-25)16-17-4-2-1-3-5-17/h1-11H,12-16H2. The molecular weight excluding hydrogens is 420 g/mol. The van der Waals surface area contributed by atoms with Crippen molar-refractivity contribution in [3.8, 4) is 11.3 Å². The monoisotopic (exact) mass is 440 g/mol. The normalized spacial score (nSPS) is 15.1. The van der Waals surface area contributed by atoms with Gasteiger partial charge in [-0.2, -0.15) is 0 Å². The molecule has 0 radical (unpaired) electrons. The summed E-state index contributed by atoms with van der Waals surface area (Å²) in [6, 6.07) is 22.7. The fourth-order valence-electron chi connectivity index (χ4n) is 3.33. The van der Waals surface area contributed by atoms with Crippen LogP contribution in [0.25, 0.3) is 11.3 Å². The molecule has 5 heteroatoms. The number of rotatable bonds is 4. The highest BCUT2D eigenvalue weighted by Crippen LogP contribution is 2.25. The van der Waals surface area contributed by atoms with Crippen LogP contribution in [0.1, 0.15) is 11.3 Å². The molecule has 0 N–H and O–H groups in total. The average molecular weight is 441 g/mol. The van der Waals surface area contributed by atoms with Crippen molar-refractivity contribution in [2.75, 3.05) is 26.2 Å². The maximum absolute atomic E-state index is 6.04. The van der Waals surface area contributed by atoms with E-state index in [1.54, 1.807) is 0 Å². The van der Waals surface area contributed by atoms with Crippen molar-refractivity contribution in [1.29, 1.82) is 0 Å². The zero-order valence-corrected chi connectivity index (χ0v) is 17.4. The topological polar surface area (TPSA) is 19.6 Å². The fraction of sp³-hybridized carbons (Fsp3) is 0.227. The summed E-state index contributed by atoms with van der Waals surface area (Å²) in [7, 11) is 0. The third-order valence-electron chi connectivity index (χ3n) is 4.85. The van der Waals surface area contributed by atoms with Crippen molar-refractivity contribution in [3.05, 3.63) is 82.5 Å². The van der Waals surface area contributed by atoms with E-state index < -0.39 is 0 Å². The smallest absolute Gasteiger partial charge is 0.162 e. The zero-order chi connectivity index (χ0) is 18.6. The Morgan fingerprint density at radius 3 is 2.30 bits per heavy atom. The van der Waals surface area contributed by atoms with Crippen LogP contribution < -0.4 is 0 Å². The van der Waals surface area contributed by atoms with Crippen LogP contribution in [0.5, 0.6) is 0 Å². The third-order valence-corrected chi connectivity index (χ3v) is 5.84.